The summed E-state index contributed by atoms with van der Waals surface area (Å²) >= 11 is 5.97. The minimum atomic E-state index is -0.569. The first kappa shape index (κ1) is 18.1. The Morgan fingerprint density at radius 2 is 1.91 bits per heavy atom. The zero-order chi connectivity index (χ0) is 16.9. The summed E-state index contributed by atoms with van der Waals surface area (Å²) in [5.41, 5.74) is 0.702. The molecule has 0 bridgehead atoms. The highest BCUT2D eigenvalue weighted by Crippen LogP contribution is 2.21. The van der Waals surface area contributed by atoms with E-state index in [0.29, 0.717) is 16.3 Å². The Balaban J connectivity index is 2.78. The van der Waals surface area contributed by atoms with E-state index in [1.807, 2.05) is 0 Å². The predicted molar refractivity (Wildman–Crippen MR) is 87.2 cm³/mol. The van der Waals surface area contributed by atoms with Crippen LogP contribution >= 0.6 is 11.6 Å². The van der Waals surface area contributed by atoms with Gasteiger partial charge in [-0.15, -0.1) is 0 Å². The number of nitrogens with zero attached hydrogens (tertiary/aromatic N) is 1. The van der Waals surface area contributed by atoms with Crippen LogP contribution in [0.15, 0.2) is 18.2 Å². The molecule has 1 aromatic carbocycles. The van der Waals surface area contributed by atoms with Gasteiger partial charge in [0.1, 0.15) is 5.60 Å². The van der Waals surface area contributed by atoms with Crippen LogP contribution in [0.4, 0.5) is 15.3 Å². The zero-order valence-electron chi connectivity index (χ0n) is 13.5. The van der Waals surface area contributed by atoms with Crippen LogP contribution in [-0.2, 0) is 11.3 Å². The lowest BCUT2D eigenvalue weighted by Gasteiger charge is -2.20. The monoisotopic (exact) mass is 327 g/mol. The van der Waals surface area contributed by atoms with Crippen LogP contribution in [0.5, 0.6) is 0 Å². The Hall–Kier alpha value is -1.95. The third kappa shape index (κ3) is 6.22. The summed E-state index contributed by atoms with van der Waals surface area (Å²) < 4.78 is 5.17. The Morgan fingerprint density at radius 3 is 2.45 bits per heavy atom. The lowest BCUT2D eigenvalue weighted by Crippen LogP contribution is -2.32. The number of ether oxygens (including phenoxy) is 1. The summed E-state index contributed by atoms with van der Waals surface area (Å²) in [6.45, 7) is 5.55. The van der Waals surface area contributed by atoms with Gasteiger partial charge in [-0.2, -0.15) is 0 Å². The van der Waals surface area contributed by atoms with Gasteiger partial charge in [0.05, 0.1) is 0 Å². The van der Waals surface area contributed by atoms with Gasteiger partial charge in [0, 0.05) is 31.4 Å². The first-order valence-electron chi connectivity index (χ1n) is 6.82. The lowest BCUT2D eigenvalue weighted by atomic mass is 10.1. The van der Waals surface area contributed by atoms with Gasteiger partial charge in [0.15, 0.2) is 0 Å². The number of urea groups is 1. The molecule has 1 rings (SSSR count). The molecule has 22 heavy (non-hydrogen) atoms. The average molecular weight is 328 g/mol. The van der Waals surface area contributed by atoms with E-state index in [4.69, 9.17) is 16.3 Å². The number of carbonyl (C=O) groups excluding carboxylic acids is 2. The van der Waals surface area contributed by atoms with Gasteiger partial charge >= 0.3 is 12.1 Å². The van der Waals surface area contributed by atoms with Crippen LogP contribution in [0.1, 0.15) is 26.3 Å². The number of anilines is 1. The van der Waals surface area contributed by atoms with Crippen LogP contribution in [0.25, 0.3) is 0 Å². The van der Waals surface area contributed by atoms with E-state index < -0.39 is 11.7 Å². The third-order valence-electron chi connectivity index (χ3n) is 2.54. The Kier molecular flexibility index (Phi) is 6.05. The molecule has 3 amide bonds. The first-order chi connectivity index (χ1) is 10.1. The van der Waals surface area contributed by atoms with Crippen molar-refractivity contribution < 1.29 is 14.3 Å². The molecule has 122 valence electrons. The Morgan fingerprint density at radius 1 is 1.27 bits per heavy atom. The molecule has 0 aliphatic rings. The average Bonchev–Trinajstić information content (AvgIpc) is 2.36. The number of hydrogen-bond donors (Lipinski definition) is 2. The predicted octanol–water partition coefficient (Wildman–Crippen LogP) is 3.46. The second kappa shape index (κ2) is 7.35. The van der Waals surface area contributed by atoms with Crippen molar-refractivity contribution in [2.24, 2.45) is 0 Å². The number of nitrogens with one attached hydrogen (secondary N) is 2. The molecule has 2 N–H and O–H groups in total. The Labute approximate surface area is 135 Å². The second-order valence-electron chi connectivity index (χ2n) is 5.98. The molecular weight excluding hydrogens is 306 g/mol. The maximum atomic E-state index is 11.7. The third-order valence-corrected chi connectivity index (χ3v) is 2.77. The van der Waals surface area contributed by atoms with E-state index in [9.17, 15) is 9.59 Å². The van der Waals surface area contributed by atoms with Crippen molar-refractivity contribution in [3.05, 3.63) is 28.8 Å². The second-order valence-corrected chi connectivity index (χ2v) is 6.42. The number of amides is 3. The fourth-order valence-corrected chi connectivity index (χ4v) is 1.73. The topological polar surface area (TPSA) is 70.7 Å². The number of carbonyl (C=O) groups is 2. The van der Waals surface area contributed by atoms with Gasteiger partial charge < -0.3 is 20.3 Å². The minimum absolute atomic E-state index is 0.193. The van der Waals surface area contributed by atoms with Crippen LogP contribution in [0.3, 0.4) is 0 Å². The summed E-state index contributed by atoms with van der Waals surface area (Å²) in [6.07, 6.45) is -0.530. The minimum Gasteiger partial charge on any atom is -0.444 e. The summed E-state index contributed by atoms with van der Waals surface area (Å²) in [5.74, 6) is 0. The molecule has 0 aliphatic carbocycles. The van der Waals surface area contributed by atoms with Crippen molar-refractivity contribution in [2.75, 3.05) is 19.4 Å². The van der Waals surface area contributed by atoms with Crippen molar-refractivity contribution in [1.29, 1.82) is 0 Å². The van der Waals surface area contributed by atoms with E-state index in [0.717, 1.165) is 0 Å². The largest absolute Gasteiger partial charge is 0.444 e. The Bertz CT molecular complexity index is 553. The summed E-state index contributed by atoms with van der Waals surface area (Å²) in [6, 6.07) is 4.78. The first-order valence-corrected chi connectivity index (χ1v) is 7.20. The molecule has 0 radical (unpaired) electrons. The summed E-state index contributed by atoms with van der Waals surface area (Å²) in [5, 5.41) is 5.90. The van der Waals surface area contributed by atoms with Crippen molar-refractivity contribution in [2.45, 2.75) is 32.9 Å². The van der Waals surface area contributed by atoms with E-state index >= 15 is 0 Å². The van der Waals surface area contributed by atoms with Gasteiger partial charge in [-0.25, -0.2) is 9.59 Å². The molecule has 0 spiro atoms. The van der Waals surface area contributed by atoms with E-state index in [1.165, 1.54) is 4.90 Å². The lowest BCUT2D eigenvalue weighted by molar-refractivity contribution is 0.0523. The molecule has 0 aromatic heterocycles. The van der Waals surface area contributed by atoms with Crippen LogP contribution < -0.4 is 10.6 Å². The van der Waals surface area contributed by atoms with Crippen molar-refractivity contribution in [1.82, 2.24) is 10.2 Å². The van der Waals surface area contributed by atoms with E-state index in [2.05, 4.69) is 10.6 Å². The van der Waals surface area contributed by atoms with Gasteiger partial charge in [-0.3, -0.25) is 0 Å². The number of halogens is 1. The van der Waals surface area contributed by atoms with Crippen molar-refractivity contribution in [3.8, 4) is 0 Å². The van der Waals surface area contributed by atoms with Crippen LogP contribution in [0, 0.1) is 0 Å². The molecule has 1 aromatic rings. The summed E-state index contributed by atoms with van der Waals surface area (Å²) in [7, 11) is 3.29. The zero-order valence-corrected chi connectivity index (χ0v) is 14.2. The molecule has 0 atom stereocenters. The smallest absolute Gasteiger partial charge is 0.407 e. The normalized spacial score (nSPS) is 10.8. The van der Waals surface area contributed by atoms with Crippen molar-refractivity contribution >= 4 is 29.4 Å². The number of alkyl carbamates (subject to hydrolysis) is 1. The quantitative estimate of drug-likeness (QED) is 0.893. The van der Waals surface area contributed by atoms with E-state index in [-0.39, 0.29) is 12.6 Å². The number of rotatable bonds is 3. The molecule has 7 heteroatoms. The molecular formula is C15H22ClN3O3. The molecule has 0 fully saturated rings. The van der Waals surface area contributed by atoms with E-state index in [1.54, 1.807) is 53.1 Å². The van der Waals surface area contributed by atoms with Gasteiger partial charge in [-0.1, -0.05) is 11.6 Å². The number of benzene rings is 1. The molecule has 0 unspecified atom stereocenters. The molecule has 0 heterocycles. The highest BCUT2D eigenvalue weighted by atomic mass is 35.5. The van der Waals surface area contributed by atoms with Crippen molar-refractivity contribution in [3.63, 3.8) is 0 Å². The molecule has 6 nitrogen and oxygen atoms in total. The van der Waals surface area contributed by atoms with Crippen LogP contribution in [-0.4, -0.2) is 36.7 Å². The van der Waals surface area contributed by atoms with Gasteiger partial charge in [0.25, 0.3) is 0 Å². The highest BCUT2D eigenvalue weighted by Gasteiger charge is 2.16. The maximum Gasteiger partial charge on any atom is 0.407 e. The van der Waals surface area contributed by atoms with Gasteiger partial charge in [0.2, 0.25) is 0 Å². The SMILES string of the molecule is CN(C)C(=O)Nc1ccc(Cl)cc1CNC(=O)OC(C)(C)C. The molecule has 0 aliphatic heterocycles. The molecule has 0 saturated heterocycles. The standard InChI is InChI=1S/C15H22ClN3O3/c1-15(2,3)22-14(21)17-9-10-8-11(16)6-7-12(10)18-13(20)19(4)5/h6-8H,9H2,1-5H3,(H,17,21)(H,18,20). The highest BCUT2D eigenvalue weighted by molar-refractivity contribution is 6.30. The fourth-order valence-electron chi connectivity index (χ4n) is 1.54. The van der Waals surface area contributed by atoms with Gasteiger partial charge in [-0.05, 0) is 44.5 Å². The number of hydrogen-bond acceptors (Lipinski definition) is 3. The fraction of sp³-hybridized carbons (Fsp3) is 0.467. The molecule has 0 saturated carbocycles. The summed E-state index contributed by atoms with van der Waals surface area (Å²) in [4.78, 5) is 24.9. The van der Waals surface area contributed by atoms with Crippen LogP contribution in [0.2, 0.25) is 5.02 Å². The maximum absolute atomic E-state index is 11.7.